The van der Waals surface area contributed by atoms with Crippen molar-refractivity contribution in [3.05, 3.63) is 21.4 Å². The molecule has 0 N–H and O–H groups in total. The Morgan fingerprint density at radius 1 is 1.40 bits per heavy atom. The molecular formula is C15H21N3OS. The first-order chi connectivity index (χ1) is 9.56. The van der Waals surface area contributed by atoms with Crippen LogP contribution in [0.1, 0.15) is 33.5 Å². The van der Waals surface area contributed by atoms with Gasteiger partial charge >= 0.3 is 0 Å². The number of hydrogen-bond donors (Lipinski definition) is 0. The zero-order valence-electron chi connectivity index (χ0n) is 12.3. The predicted octanol–water partition coefficient (Wildman–Crippen LogP) is 2.42. The highest BCUT2D eigenvalue weighted by Gasteiger charge is 2.26. The van der Waals surface area contributed by atoms with Gasteiger partial charge in [0.2, 0.25) is 0 Å². The van der Waals surface area contributed by atoms with Gasteiger partial charge in [0.15, 0.2) is 0 Å². The fraction of sp³-hybridized carbons (Fsp3) is 0.600. The summed E-state index contributed by atoms with van der Waals surface area (Å²) < 4.78 is 0. The highest BCUT2D eigenvalue weighted by atomic mass is 32.1. The summed E-state index contributed by atoms with van der Waals surface area (Å²) in [5.41, 5.74) is 1.19. The number of piperazine rings is 1. The Hall–Kier alpha value is -1.38. The summed E-state index contributed by atoms with van der Waals surface area (Å²) in [5, 5.41) is 9.09. The standard InChI is InChI=1S/C15H21N3OS/c1-4-13(10-16)17-5-7-18(8-6-17)15(19)14-9-11(2)12(3)20-14/h9,13H,4-8H2,1-3H3. The molecule has 5 heteroatoms. The molecule has 20 heavy (non-hydrogen) atoms. The van der Waals surface area contributed by atoms with Crippen LogP contribution in [-0.4, -0.2) is 47.9 Å². The molecule has 1 fully saturated rings. The van der Waals surface area contributed by atoms with Gasteiger partial charge in [-0.2, -0.15) is 5.26 Å². The van der Waals surface area contributed by atoms with Gasteiger partial charge in [-0.3, -0.25) is 9.69 Å². The first-order valence-corrected chi connectivity index (χ1v) is 7.88. The Morgan fingerprint density at radius 3 is 2.50 bits per heavy atom. The molecule has 4 nitrogen and oxygen atoms in total. The Balaban J connectivity index is 1.97. The van der Waals surface area contributed by atoms with E-state index in [0.29, 0.717) is 13.1 Å². The maximum absolute atomic E-state index is 12.4. The van der Waals surface area contributed by atoms with E-state index in [9.17, 15) is 4.79 Å². The van der Waals surface area contributed by atoms with Crippen molar-refractivity contribution in [2.24, 2.45) is 0 Å². The molecule has 0 bridgehead atoms. The highest BCUT2D eigenvalue weighted by Crippen LogP contribution is 2.22. The van der Waals surface area contributed by atoms with E-state index in [4.69, 9.17) is 5.26 Å². The molecule has 1 atom stereocenters. The summed E-state index contributed by atoms with van der Waals surface area (Å²) in [6.45, 7) is 9.14. The Labute approximate surface area is 124 Å². The van der Waals surface area contributed by atoms with Gasteiger partial charge in [-0.25, -0.2) is 0 Å². The van der Waals surface area contributed by atoms with Gasteiger partial charge in [0.05, 0.1) is 17.0 Å². The van der Waals surface area contributed by atoms with Crippen molar-refractivity contribution in [1.82, 2.24) is 9.80 Å². The summed E-state index contributed by atoms with van der Waals surface area (Å²) >= 11 is 1.58. The summed E-state index contributed by atoms with van der Waals surface area (Å²) in [6.07, 6.45) is 0.841. The van der Waals surface area contributed by atoms with Crippen molar-refractivity contribution >= 4 is 17.2 Å². The molecule has 1 aliphatic rings. The van der Waals surface area contributed by atoms with Gasteiger partial charge in [-0.05, 0) is 31.9 Å². The third-order valence-electron chi connectivity index (χ3n) is 3.95. The minimum Gasteiger partial charge on any atom is -0.335 e. The van der Waals surface area contributed by atoms with Crippen LogP contribution in [0.2, 0.25) is 0 Å². The molecule has 1 aliphatic heterocycles. The third kappa shape index (κ3) is 3.02. The van der Waals surface area contributed by atoms with Crippen molar-refractivity contribution in [3.8, 4) is 6.07 Å². The zero-order valence-corrected chi connectivity index (χ0v) is 13.2. The van der Waals surface area contributed by atoms with Crippen LogP contribution in [-0.2, 0) is 0 Å². The van der Waals surface area contributed by atoms with E-state index in [1.807, 2.05) is 31.7 Å². The number of carbonyl (C=O) groups excluding carboxylic acids is 1. The Kier molecular flexibility index (Phi) is 4.79. The van der Waals surface area contributed by atoms with E-state index in [1.165, 1.54) is 10.4 Å². The lowest BCUT2D eigenvalue weighted by atomic mass is 10.2. The molecule has 0 aliphatic carbocycles. The van der Waals surface area contributed by atoms with Crippen molar-refractivity contribution in [1.29, 1.82) is 5.26 Å². The summed E-state index contributed by atoms with van der Waals surface area (Å²) in [5.74, 6) is 0.135. The molecule has 1 aromatic rings. The Bertz CT molecular complexity index is 504. The van der Waals surface area contributed by atoms with Gasteiger partial charge < -0.3 is 4.90 Å². The SMILES string of the molecule is CCC(C#N)N1CCN(C(=O)c2cc(C)c(C)s2)CC1. The van der Waals surface area contributed by atoms with Crippen LogP contribution in [0.5, 0.6) is 0 Å². The molecule has 0 saturated carbocycles. The second-order valence-electron chi connectivity index (χ2n) is 5.23. The lowest BCUT2D eigenvalue weighted by molar-refractivity contribution is 0.0609. The number of nitriles is 1. The summed E-state index contributed by atoms with van der Waals surface area (Å²) in [6, 6.07) is 4.30. The lowest BCUT2D eigenvalue weighted by Crippen LogP contribution is -2.51. The van der Waals surface area contributed by atoms with E-state index < -0.39 is 0 Å². The smallest absolute Gasteiger partial charge is 0.264 e. The molecule has 1 saturated heterocycles. The van der Waals surface area contributed by atoms with Crippen molar-refractivity contribution in [3.63, 3.8) is 0 Å². The van der Waals surface area contributed by atoms with Gasteiger partial charge in [-0.15, -0.1) is 11.3 Å². The highest BCUT2D eigenvalue weighted by molar-refractivity contribution is 7.14. The molecule has 2 rings (SSSR count). The second-order valence-corrected chi connectivity index (χ2v) is 6.49. The molecule has 0 spiro atoms. The molecule has 1 amide bonds. The number of aryl methyl sites for hydroxylation is 2. The number of thiophene rings is 1. The van der Waals surface area contributed by atoms with Crippen molar-refractivity contribution in [2.45, 2.75) is 33.2 Å². The van der Waals surface area contributed by atoms with Gasteiger partial charge in [0.1, 0.15) is 0 Å². The van der Waals surface area contributed by atoms with E-state index in [1.54, 1.807) is 11.3 Å². The fourth-order valence-electron chi connectivity index (χ4n) is 2.50. The average Bonchev–Trinajstić information content (AvgIpc) is 2.80. The first kappa shape index (κ1) is 15.0. The first-order valence-electron chi connectivity index (χ1n) is 7.06. The largest absolute Gasteiger partial charge is 0.335 e. The van der Waals surface area contributed by atoms with Crippen LogP contribution in [0.4, 0.5) is 0 Å². The summed E-state index contributed by atoms with van der Waals surface area (Å²) in [4.78, 5) is 18.6. The van der Waals surface area contributed by atoms with E-state index >= 15 is 0 Å². The fourth-order valence-corrected chi connectivity index (χ4v) is 3.50. The maximum Gasteiger partial charge on any atom is 0.264 e. The molecule has 1 aromatic heterocycles. The van der Waals surface area contributed by atoms with Crippen LogP contribution >= 0.6 is 11.3 Å². The molecule has 2 heterocycles. The van der Waals surface area contributed by atoms with Gasteiger partial charge in [-0.1, -0.05) is 6.92 Å². The second kappa shape index (κ2) is 6.38. The predicted molar refractivity (Wildman–Crippen MR) is 81.0 cm³/mol. The van der Waals surface area contributed by atoms with Gasteiger partial charge in [0.25, 0.3) is 5.91 Å². The Morgan fingerprint density at radius 2 is 2.05 bits per heavy atom. The molecule has 0 radical (unpaired) electrons. The lowest BCUT2D eigenvalue weighted by Gasteiger charge is -2.36. The van der Waals surface area contributed by atoms with Crippen LogP contribution in [0.25, 0.3) is 0 Å². The zero-order chi connectivity index (χ0) is 14.7. The average molecular weight is 291 g/mol. The van der Waals surface area contributed by atoms with Crippen molar-refractivity contribution in [2.75, 3.05) is 26.2 Å². The quantitative estimate of drug-likeness (QED) is 0.859. The normalized spacial score (nSPS) is 17.8. The van der Waals surface area contributed by atoms with Crippen molar-refractivity contribution < 1.29 is 4.79 Å². The van der Waals surface area contributed by atoms with E-state index in [0.717, 1.165) is 24.4 Å². The van der Waals surface area contributed by atoms with Crippen LogP contribution in [0.15, 0.2) is 6.07 Å². The van der Waals surface area contributed by atoms with Crippen LogP contribution in [0, 0.1) is 25.2 Å². The van der Waals surface area contributed by atoms with Crippen LogP contribution < -0.4 is 0 Å². The minimum atomic E-state index is -0.0153. The third-order valence-corrected chi connectivity index (χ3v) is 5.10. The monoisotopic (exact) mass is 291 g/mol. The van der Waals surface area contributed by atoms with Crippen LogP contribution in [0.3, 0.4) is 0 Å². The van der Waals surface area contributed by atoms with E-state index in [2.05, 4.69) is 11.0 Å². The number of rotatable bonds is 3. The van der Waals surface area contributed by atoms with Gasteiger partial charge in [0, 0.05) is 31.1 Å². The maximum atomic E-state index is 12.4. The molecule has 108 valence electrons. The van der Waals surface area contributed by atoms with E-state index in [-0.39, 0.29) is 11.9 Å². The molecule has 0 aromatic carbocycles. The number of carbonyl (C=O) groups is 1. The molecular weight excluding hydrogens is 270 g/mol. The number of amides is 1. The summed E-state index contributed by atoms with van der Waals surface area (Å²) in [7, 11) is 0. The topological polar surface area (TPSA) is 47.3 Å². The minimum absolute atomic E-state index is 0.0153. The molecule has 1 unspecified atom stereocenters. The number of hydrogen-bond acceptors (Lipinski definition) is 4. The number of nitrogens with zero attached hydrogens (tertiary/aromatic N) is 3.